The number of hydrogen-bond donors (Lipinski definition) is 2. The molecule has 0 spiro atoms. The second-order valence-corrected chi connectivity index (χ2v) is 6.44. The van der Waals surface area contributed by atoms with Gasteiger partial charge in [-0.05, 0) is 18.5 Å². The summed E-state index contributed by atoms with van der Waals surface area (Å²) >= 11 is 0. The molecule has 5 rings (SSSR count). The lowest BCUT2D eigenvalue weighted by molar-refractivity contribution is -0.136. The van der Waals surface area contributed by atoms with E-state index in [2.05, 4.69) is 4.74 Å². The van der Waals surface area contributed by atoms with Gasteiger partial charge in [0, 0.05) is 80.5 Å². The molecule has 3 amide bonds. The summed E-state index contributed by atoms with van der Waals surface area (Å²) in [6.07, 6.45) is -7.36. The van der Waals surface area contributed by atoms with E-state index in [0.29, 0.717) is 0 Å². The van der Waals surface area contributed by atoms with E-state index >= 15 is 4.39 Å². The molecule has 9 heteroatoms. The second kappa shape index (κ2) is 9.52. The van der Waals surface area contributed by atoms with Gasteiger partial charge in [-0.3, -0.25) is 24.6 Å². The maximum atomic E-state index is 16.8. The molecule has 2 N–H and O–H groups in total. The van der Waals surface area contributed by atoms with Gasteiger partial charge in [0.25, 0.3) is 5.91 Å². The van der Waals surface area contributed by atoms with Crippen LogP contribution in [0.15, 0.2) is 36.3 Å². The van der Waals surface area contributed by atoms with E-state index < -0.39 is 157 Å². The Morgan fingerprint density at radius 1 is 1.18 bits per heavy atom. The number of carbonyl (C=O) groups is 3. The molecule has 1 atom stereocenters. The quantitative estimate of drug-likeness (QED) is 0.603. The van der Waals surface area contributed by atoms with E-state index in [4.69, 9.17) is 32.9 Å². The van der Waals surface area contributed by atoms with Crippen LogP contribution in [-0.2, 0) is 33.8 Å². The van der Waals surface area contributed by atoms with Gasteiger partial charge in [-0.25, -0.2) is 4.39 Å². The first kappa shape index (κ1) is 7.86. The van der Waals surface area contributed by atoms with Crippen molar-refractivity contribution in [2.75, 3.05) is 31.4 Å². The number of piperidine rings is 1. The van der Waals surface area contributed by atoms with Crippen molar-refractivity contribution < 1.29 is 56.4 Å². The van der Waals surface area contributed by atoms with Crippen molar-refractivity contribution in [3.8, 4) is 0 Å². The van der Waals surface area contributed by atoms with E-state index in [1.54, 1.807) is 5.32 Å². The molecule has 2 fully saturated rings. The zero-order valence-electron chi connectivity index (χ0n) is 40.5. The van der Waals surface area contributed by atoms with Gasteiger partial charge in [0.1, 0.15) is 11.9 Å². The Morgan fingerprint density at radius 3 is 2.76 bits per heavy atom. The Labute approximate surface area is 230 Å². The summed E-state index contributed by atoms with van der Waals surface area (Å²) in [6, 6.07) is -11.7. The lowest BCUT2D eigenvalue weighted by atomic mass is 10.0. The number of amides is 3. The molecule has 0 bridgehead atoms. The zero-order chi connectivity index (χ0) is 45.0. The Kier molecular flexibility index (Phi) is 2.20. The second-order valence-electron chi connectivity index (χ2n) is 6.44. The standard InChI is InChI=1S/C25H27FN4O4/c26-23-16(3-1-4-17(23)14-29-9-11-34-12-10-29)13-27-20-6-2-5-18-19(20)15-30(25(18)33)21-7-8-22(31)28-24(21)32/h1-6,21,27H,7-15H2,(H,28,31,32)/i1D,2D,3D,4D,5D,6D,7D2,8D2,9D2,10D2,11D2,12D2,13D2,14D2,15D2. The van der Waals surface area contributed by atoms with Gasteiger partial charge < -0.3 is 15.0 Å². The predicted molar refractivity (Wildman–Crippen MR) is 122 cm³/mol. The Bertz CT molecular complexity index is 2170. The minimum absolute atomic E-state index is 0.267. The number of hydrogen-bond acceptors (Lipinski definition) is 6. The molecule has 2 saturated heterocycles. The normalized spacial score (nSPS) is 42.4. The van der Waals surface area contributed by atoms with Gasteiger partial charge in [-0.2, -0.15) is 0 Å². The van der Waals surface area contributed by atoms with Crippen molar-refractivity contribution in [2.45, 2.75) is 38.3 Å². The van der Waals surface area contributed by atoms with Crippen molar-refractivity contribution >= 4 is 23.4 Å². The van der Waals surface area contributed by atoms with Crippen LogP contribution in [0.25, 0.3) is 0 Å². The summed E-state index contributed by atoms with van der Waals surface area (Å²) in [7, 11) is 0. The Balaban J connectivity index is 1.75. The summed E-state index contributed by atoms with van der Waals surface area (Å²) in [4.78, 5) is 37.9. The molecule has 3 aliphatic rings. The molecule has 0 radical (unpaired) electrons. The molecule has 178 valence electrons. The first-order valence-corrected chi connectivity index (χ1v) is 9.16. The fraction of sp³-hybridized carbons (Fsp3) is 0.400. The largest absolute Gasteiger partial charge is 0.381 e. The summed E-state index contributed by atoms with van der Waals surface area (Å²) in [6.45, 7) is -28.0. The average molecular weight is 491 g/mol. The fourth-order valence-electron chi connectivity index (χ4n) is 2.88. The van der Waals surface area contributed by atoms with E-state index in [9.17, 15) is 14.4 Å². The highest BCUT2D eigenvalue weighted by molar-refractivity contribution is 6.06. The Morgan fingerprint density at radius 2 is 1.94 bits per heavy atom. The molecule has 2 aromatic rings. The highest BCUT2D eigenvalue weighted by Crippen LogP contribution is 2.32. The number of fused-ring (bicyclic) bond motifs is 1. The third-order valence-corrected chi connectivity index (χ3v) is 4.37. The molecular weight excluding hydrogens is 439 g/mol. The van der Waals surface area contributed by atoms with Crippen LogP contribution >= 0.6 is 0 Å². The lowest BCUT2D eigenvalue weighted by Gasteiger charge is -2.29. The summed E-state index contributed by atoms with van der Waals surface area (Å²) < 4.78 is 221. The number of halogens is 1. The van der Waals surface area contributed by atoms with Crippen LogP contribution < -0.4 is 10.6 Å². The first-order chi connectivity index (χ1) is 25.7. The van der Waals surface area contributed by atoms with E-state index in [1.165, 1.54) is 5.32 Å². The average Bonchev–Trinajstić information content (AvgIpc) is 3.22. The summed E-state index contributed by atoms with van der Waals surface area (Å²) in [5, 5.41) is 3.20. The van der Waals surface area contributed by atoms with Crippen LogP contribution in [0.4, 0.5) is 10.1 Å². The molecule has 0 aromatic heterocycles. The third-order valence-electron chi connectivity index (χ3n) is 4.37. The molecule has 3 aliphatic heterocycles. The van der Waals surface area contributed by atoms with E-state index in [0.717, 1.165) is 0 Å². The number of ether oxygens (including phenoxy) is 1. The SMILES string of the molecule is [2H]c1c([2H])c(NC([2H])([2H])c2c([2H])c([2H])c([2H])c(C([2H])([2H])N3C([2H])([2H])C([2H])([2H])OC([2H])([2H])C3([2H])[2H])c2F)c2c(c1[2H])C(=O)N(C1C(=O)NC(=O)C([2H])([2H])C1([2H])[2H])C2([2H])[2H]. The number of rotatable bonds is 6. The first-order valence-electron chi connectivity index (χ1n) is 21.2. The molecule has 34 heavy (non-hydrogen) atoms. The molecule has 1 unspecified atom stereocenters. The minimum atomic E-state index is -4.30. The summed E-state index contributed by atoms with van der Waals surface area (Å²) in [5.41, 5.74) is -7.74. The van der Waals surface area contributed by atoms with Crippen LogP contribution in [0.2, 0.25) is 0 Å². The van der Waals surface area contributed by atoms with Crippen molar-refractivity contribution in [3.63, 3.8) is 0 Å². The van der Waals surface area contributed by atoms with Gasteiger partial charge in [-0.15, -0.1) is 0 Å². The molecule has 3 heterocycles. The number of nitrogens with zero attached hydrogens (tertiary/aromatic N) is 2. The smallest absolute Gasteiger partial charge is 0.255 e. The Hall–Kier alpha value is -3.30. The number of imide groups is 1. The predicted octanol–water partition coefficient (Wildman–Crippen LogP) is 2.03. The van der Waals surface area contributed by atoms with Crippen LogP contribution in [0.5, 0.6) is 0 Å². The lowest BCUT2D eigenvalue weighted by Crippen LogP contribution is -2.52. The summed E-state index contributed by atoms with van der Waals surface area (Å²) in [5.74, 6) is -7.80. The van der Waals surface area contributed by atoms with Crippen LogP contribution in [0.3, 0.4) is 0 Å². The molecular formula is C25H27FN4O4. The van der Waals surface area contributed by atoms with Crippen LogP contribution in [0, 0.1) is 5.82 Å². The van der Waals surface area contributed by atoms with Gasteiger partial charge in [0.05, 0.1) is 32.3 Å². The highest BCUT2D eigenvalue weighted by Gasteiger charge is 2.39. The zero-order valence-corrected chi connectivity index (χ0v) is 16.5. The molecule has 8 nitrogen and oxygen atoms in total. The van der Waals surface area contributed by atoms with Crippen LogP contribution in [0.1, 0.15) is 72.7 Å². The van der Waals surface area contributed by atoms with E-state index in [-0.39, 0.29) is 4.90 Å². The molecule has 0 aliphatic carbocycles. The maximum absolute atomic E-state index is 16.8. The van der Waals surface area contributed by atoms with Crippen molar-refractivity contribution in [2.24, 2.45) is 0 Å². The van der Waals surface area contributed by atoms with Gasteiger partial charge >= 0.3 is 0 Å². The molecule has 0 saturated carbocycles. The number of benzene rings is 2. The van der Waals surface area contributed by atoms with Gasteiger partial charge in [0.15, 0.2) is 0 Å². The minimum Gasteiger partial charge on any atom is -0.381 e. The van der Waals surface area contributed by atoms with Crippen molar-refractivity contribution in [3.05, 3.63) is 64.3 Å². The topological polar surface area (TPSA) is 91.0 Å². The monoisotopic (exact) mass is 490 g/mol. The van der Waals surface area contributed by atoms with Gasteiger partial charge in [0.2, 0.25) is 11.8 Å². The molecule has 2 aromatic carbocycles. The van der Waals surface area contributed by atoms with Gasteiger partial charge in [-0.1, -0.05) is 24.2 Å². The number of carbonyl (C=O) groups excluding carboxylic acids is 3. The maximum Gasteiger partial charge on any atom is 0.255 e. The highest BCUT2D eigenvalue weighted by atomic mass is 19.1. The fourth-order valence-corrected chi connectivity index (χ4v) is 2.88. The van der Waals surface area contributed by atoms with E-state index in [1.807, 2.05) is 0 Å². The third kappa shape index (κ3) is 4.41. The van der Waals surface area contributed by atoms with Crippen molar-refractivity contribution in [1.82, 2.24) is 15.1 Å². The number of morpholine rings is 1. The van der Waals surface area contributed by atoms with Crippen LogP contribution in [-0.4, -0.2) is 59.7 Å². The number of anilines is 1. The number of nitrogens with one attached hydrogen (secondary N) is 2. The van der Waals surface area contributed by atoms with Crippen molar-refractivity contribution in [1.29, 1.82) is 0 Å².